The molecule has 0 atom stereocenters. The van der Waals surface area contributed by atoms with E-state index in [1.807, 2.05) is 52.0 Å². The fourth-order valence-electron chi connectivity index (χ4n) is 3.22. The van der Waals surface area contributed by atoms with Gasteiger partial charge in [-0.25, -0.2) is 0 Å². The molecule has 0 aliphatic rings. The van der Waals surface area contributed by atoms with E-state index in [4.69, 9.17) is 19.0 Å². The third-order valence-electron chi connectivity index (χ3n) is 4.69. The number of nitrogens with zero attached hydrogens (tertiary/aromatic N) is 1. The first-order valence-corrected chi connectivity index (χ1v) is 10.7. The summed E-state index contributed by atoms with van der Waals surface area (Å²) in [6.07, 6.45) is 5.59. The second-order valence-corrected chi connectivity index (χ2v) is 7.52. The molecule has 0 aliphatic heterocycles. The van der Waals surface area contributed by atoms with Crippen LogP contribution in [0.4, 0.5) is 0 Å². The van der Waals surface area contributed by atoms with Crippen molar-refractivity contribution in [2.75, 3.05) is 26.9 Å². The van der Waals surface area contributed by atoms with E-state index in [1.54, 1.807) is 7.11 Å². The van der Waals surface area contributed by atoms with Gasteiger partial charge in [0.1, 0.15) is 25.2 Å². The van der Waals surface area contributed by atoms with Crippen LogP contribution in [0.5, 0.6) is 11.5 Å². The Kier molecular flexibility index (Phi) is 10.7. The number of oxime groups is 1. The number of rotatable bonds is 13. The van der Waals surface area contributed by atoms with Crippen LogP contribution in [0.15, 0.2) is 53.7 Å². The third-order valence-corrected chi connectivity index (χ3v) is 4.69. The van der Waals surface area contributed by atoms with Gasteiger partial charge >= 0.3 is 0 Å². The highest BCUT2D eigenvalue weighted by Crippen LogP contribution is 2.28. The summed E-state index contributed by atoms with van der Waals surface area (Å²) >= 11 is 0. The van der Waals surface area contributed by atoms with E-state index in [0.29, 0.717) is 26.4 Å². The molecule has 2 aromatic carbocycles. The van der Waals surface area contributed by atoms with Crippen LogP contribution in [0.25, 0.3) is 0 Å². The minimum absolute atomic E-state index is 0.581. The van der Waals surface area contributed by atoms with Crippen molar-refractivity contribution in [1.82, 2.24) is 0 Å². The minimum atomic E-state index is 0.581. The molecule has 0 heterocycles. The molecule has 5 nitrogen and oxygen atoms in total. The second kappa shape index (κ2) is 13.5. The molecule has 0 fully saturated rings. The Morgan fingerprint density at radius 3 is 2.29 bits per heavy atom. The Morgan fingerprint density at radius 1 is 0.968 bits per heavy atom. The maximum absolute atomic E-state index is 6.00. The van der Waals surface area contributed by atoms with Gasteiger partial charge in [-0.2, -0.15) is 0 Å². The SMILES string of the molecule is C/C=C/COc1cc(C)c(OCCCOCc2ccc(CC(C)=NOC)cc2)c(C)c1. The molecule has 0 saturated heterocycles. The summed E-state index contributed by atoms with van der Waals surface area (Å²) in [5.74, 6) is 1.80. The lowest BCUT2D eigenvalue weighted by Gasteiger charge is -2.14. The van der Waals surface area contributed by atoms with E-state index in [-0.39, 0.29) is 0 Å². The molecular weight excluding hydrogens is 390 g/mol. The van der Waals surface area contributed by atoms with Gasteiger partial charge in [0, 0.05) is 12.8 Å². The van der Waals surface area contributed by atoms with Gasteiger partial charge in [0.15, 0.2) is 0 Å². The Hall–Kier alpha value is -2.79. The second-order valence-electron chi connectivity index (χ2n) is 7.52. The maximum Gasteiger partial charge on any atom is 0.125 e. The van der Waals surface area contributed by atoms with Crippen molar-refractivity contribution in [3.8, 4) is 11.5 Å². The first kappa shape index (κ1) is 24.5. The normalized spacial score (nSPS) is 11.7. The number of aryl methyl sites for hydroxylation is 2. The third kappa shape index (κ3) is 8.85. The lowest BCUT2D eigenvalue weighted by Crippen LogP contribution is -2.05. The van der Waals surface area contributed by atoms with Crippen LogP contribution in [0, 0.1) is 13.8 Å². The zero-order valence-corrected chi connectivity index (χ0v) is 19.4. The van der Waals surface area contributed by atoms with E-state index in [0.717, 1.165) is 46.7 Å². The van der Waals surface area contributed by atoms with Crippen molar-refractivity contribution in [2.45, 2.75) is 47.1 Å². The highest BCUT2D eigenvalue weighted by atomic mass is 16.6. The van der Waals surface area contributed by atoms with Crippen molar-refractivity contribution in [3.05, 3.63) is 70.8 Å². The number of hydrogen-bond acceptors (Lipinski definition) is 5. The molecular formula is C26H35NO4. The largest absolute Gasteiger partial charge is 0.493 e. The van der Waals surface area contributed by atoms with Crippen molar-refractivity contribution in [3.63, 3.8) is 0 Å². The average Bonchev–Trinajstić information content (AvgIpc) is 2.73. The molecule has 2 rings (SSSR count). The molecule has 168 valence electrons. The Bertz CT molecular complexity index is 833. The van der Waals surface area contributed by atoms with Crippen molar-refractivity contribution >= 4 is 5.71 Å². The molecule has 5 heteroatoms. The zero-order valence-electron chi connectivity index (χ0n) is 19.4. The summed E-state index contributed by atoms with van der Waals surface area (Å²) in [6.45, 7) is 10.5. The van der Waals surface area contributed by atoms with Gasteiger partial charge in [0.2, 0.25) is 0 Å². The van der Waals surface area contributed by atoms with Crippen molar-refractivity contribution < 1.29 is 19.0 Å². The lowest BCUT2D eigenvalue weighted by molar-refractivity contribution is 0.107. The first-order chi connectivity index (χ1) is 15.0. The fourth-order valence-corrected chi connectivity index (χ4v) is 3.22. The van der Waals surface area contributed by atoms with E-state index >= 15 is 0 Å². The van der Waals surface area contributed by atoms with E-state index in [1.165, 1.54) is 5.56 Å². The predicted molar refractivity (Wildman–Crippen MR) is 126 cm³/mol. The van der Waals surface area contributed by atoms with Crippen LogP contribution >= 0.6 is 0 Å². The molecule has 31 heavy (non-hydrogen) atoms. The Labute approximate surface area is 186 Å². The molecule has 0 saturated carbocycles. The Morgan fingerprint density at radius 2 is 1.65 bits per heavy atom. The van der Waals surface area contributed by atoms with Gasteiger partial charge in [-0.3, -0.25) is 0 Å². The fraction of sp³-hybridized carbons (Fsp3) is 0.423. The molecule has 0 aliphatic carbocycles. The molecule has 0 N–H and O–H groups in total. The van der Waals surface area contributed by atoms with Gasteiger partial charge < -0.3 is 19.0 Å². The average molecular weight is 426 g/mol. The quantitative estimate of drug-likeness (QED) is 0.176. The lowest BCUT2D eigenvalue weighted by atomic mass is 10.1. The molecule has 0 aromatic heterocycles. The summed E-state index contributed by atoms with van der Waals surface area (Å²) in [5, 5.41) is 3.94. The van der Waals surface area contributed by atoms with Crippen molar-refractivity contribution in [1.29, 1.82) is 0 Å². The van der Waals surface area contributed by atoms with Crippen LogP contribution < -0.4 is 9.47 Å². The molecule has 0 bridgehead atoms. The van der Waals surface area contributed by atoms with Gasteiger partial charge in [-0.15, -0.1) is 0 Å². The molecule has 0 radical (unpaired) electrons. The van der Waals surface area contributed by atoms with E-state index in [9.17, 15) is 0 Å². The number of ether oxygens (including phenoxy) is 3. The molecule has 0 unspecified atom stereocenters. The number of benzene rings is 2. The van der Waals surface area contributed by atoms with Crippen LogP contribution in [0.2, 0.25) is 0 Å². The smallest absolute Gasteiger partial charge is 0.125 e. The topological polar surface area (TPSA) is 49.3 Å². The highest BCUT2D eigenvalue weighted by molar-refractivity contribution is 5.83. The van der Waals surface area contributed by atoms with Gasteiger partial charge in [0.25, 0.3) is 0 Å². The van der Waals surface area contributed by atoms with Crippen LogP contribution in [-0.4, -0.2) is 32.6 Å². The zero-order chi connectivity index (χ0) is 22.5. The van der Waals surface area contributed by atoms with Crippen LogP contribution in [0.1, 0.15) is 42.5 Å². The molecule has 0 spiro atoms. The van der Waals surface area contributed by atoms with E-state index in [2.05, 4.69) is 29.4 Å². The Balaban J connectivity index is 1.70. The van der Waals surface area contributed by atoms with Crippen LogP contribution in [0.3, 0.4) is 0 Å². The minimum Gasteiger partial charge on any atom is -0.493 e. The maximum atomic E-state index is 6.00. The predicted octanol–water partition coefficient (Wildman–Crippen LogP) is 5.81. The van der Waals surface area contributed by atoms with Crippen molar-refractivity contribution in [2.24, 2.45) is 5.16 Å². The van der Waals surface area contributed by atoms with Crippen LogP contribution in [-0.2, 0) is 22.6 Å². The number of allylic oxidation sites excluding steroid dienone is 1. The first-order valence-electron chi connectivity index (χ1n) is 10.7. The van der Waals surface area contributed by atoms with Gasteiger partial charge in [0.05, 0.1) is 25.5 Å². The summed E-state index contributed by atoms with van der Waals surface area (Å²) in [7, 11) is 1.56. The summed E-state index contributed by atoms with van der Waals surface area (Å²) < 4.78 is 17.5. The molecule has 0 amide bonds. The highest BCUT2D eigenvalue weighted by Gasteiger charge is 2.07. The van der Waals surface area contributed by atoms with Gasteiger partial charge in [-0.1, -0.05) is 41.6 Å². The monoisotopic (exact) mass is 425 g/mol. The van der Waals surface area contributed by atoms with Gasteiger partial charge in [-0.05, 0) is 62.1 Å². The standard InChI is InChI=1S/C26H35NO4/c1-6-7-14-30-25-16-20(2)26(21(3)17-25)31-15-8-13-29-19-24-11-9-23(10-12-24)18-22(4)27-28-5/h6-7,9-12,16-17H,8,13-15,18-19H2,1-5H3/b7-6+,27-22?. The summed E-state index contributed by atoms with van der Waals surface area (Å²) in [5.41, 5.74) is 5.49. The molecule has 2 aromatic rings. The van der Waals surface area contributed by atoms with E-state index < -0.39 is 0 Å². The summed E-state index contributed by atoms with van der Waals surface area (Å²) in [4.78, 5) is 4.80. The number of hydrogen-bond donors (Lipinski definition) is 0. The summed E-state index contributed by atoms with van der Waals surface area (Å²) in [6, 6.07) is 12.4.